The van der Waals surface area contributed by atoms with Crippen molar-refractivity contribution in [2.24, 2.45) is 7.05 Å². The van der Waals surface area contributed by atoms with Crippen molar-refractivity contribution in [2.45, 2.75) is 6.42 Å². The van der Waals surface area contributed by atoms with Crippen molar-refractivity contribution >= 4 is 49.6 Å². The topological polar surface area (TPSA) is 81.1 Å². The molecule has 0 atom stereocenters. The molecule has 166 valence electrons. The molecular weight excluding hydrogens is 434 g/mol. The van der Waals surface area contributed by atoms with Gasteiger partial charge in [-0.3, -0.25) is 4.79 Å². The molecule has 3 aromatic carbocycles. The van der Waals surface area contributed by atoms with Crippen molar-refractivity contribution in [2.75, 3.05) is 19.0 Å². The predicted octanol–water partition coefficient (Wildman–Crippen LogP) is 4.91. The molecule has 2 aromatic heterocycles. The van der Waals surface area contributed by atoms with Crippen LogP contribution in [0.3, 0.4) is 0 Å². The molecule has 2 N–H and O–H groups in total. The lowest BCUT2D eigenvalue weighted by Gasteiger charge is -2.06. The Hall–Kier alpha value is -3.91. The van der Waals surface area contributed by atoms with Crippen molar-refractivity contribution < 1.29 is 9.53 Å². The summed E-state index contributed by atoms with van der Waals surface area (Å²) in [6, 6.07) is 21.4. The second kappa shape index (κ2) is 8.91. The lowest BCUT2D eigenvalue weighted by atomic mass is 10.1. The number of hydrogen-bond donors (Lipinski definition) is 2. The molecule has 33 heavy (non-hydrogen) atoms. The molecule has 0 aliphatic heterocycles. The minimum Gasteiger partial charge on any atom is -0.497 e. The monoisotopic (exact) mass is 457 g/mol. The molecule has 0 aliphatic rings. The van der Waals surface area contributed by atoms with Gasteiger partial charge in [0.25, 0.3) is 5.91 Å². The first-order valence-corrected chi connectivity index (χ1v) is 11.4. The normalized spacial score (nSPS) is 11.1. The van der Waals surface area contributed by atoms with Gasteiger partial charge < -0.3 is 19.9 Å². The van der Waals surface area contributed by atoms with Crippen LogP contribution in [0, 0.1) is 0 Å². The van der Waals surface area contributed by atoms with Crippen LogP contribution in [0.2, 0.25) is 0 Å². The third-order valence-electron chi connectivity index (χ3n) is 5.51. The van der Waals surface area contributed by atoms with E-state index in [0.717, 1.165) is 50.1 Å². The van der Waals surface area contributed by atoms with Gasteiger partial charge in [-0.2, -0.15) is 0 Å². The Bertz CT molecular complexity index is 1440. The quantitative estimate of drug-likeness (QED) is 0.363. The first-order chi connectivity index (χ1) is 16.1. The highest BCUT2D eigenvalue weighted by atomic mass is 32.1. The van der Waals surface area contributed by atoms with Crippen LogP contribution >= 0.6 is 11.3 Å². The van der Waals surface area contributed by atoms with Gasteiger partial charge in [-0.05, 0) is 54.4 Å². The summed E-state index contributed by atoms with van der Waals surface area (Å²) in [5.74, 6) is 1.46. The second-order valence-electron chi connectivity index (χ2n) is 7.66. The highest BCUT2D eigenvalue weighted by molar-refractivity contribution is 7.22. The summed E-state index contributed by atoms with van der Waals surface area (Å²) >= 11 is 1.50. The number of anilines is 2. The van der Waals surface area contributed by atoms with E-state index in [-0.39, 0.29) is 5.91 Å². The minimum atomic E-state index is -0.0938. The van der Waals surface area contributed by atoms with Gasteiger partial charge in [0.1, 0.15) is 5.75 Å². The smallest absolute Gasteiger partial charge is 0.251 e. The lowest BCUT2D eigenvalue weighted by Crippen LogP contribution is -2.25. The first-order valence-electron chi connectivity index (χ1n) is 10.6. The van der Waals surface area contributed by atoms with Gasteiger partial charge in [-0.15, -0.1) is 0 Å². The first kappa shape index (κ1) is 21.0. The molecule has 8 heteroatoms. The molecule has 0 aliphatic carbocycles. The Morgan fingerprint density at radius 1 is 1.03 bits per heavy atom. The maximum atomic E-state index is 12.6. The molecule has 0 saturated heterocycles. The molecule has 0 spiro atoms. The number of para-hydroxylation sites is 2. The zero-order valence-electron chi connectivity index (χ0n) is 18.3. The van der Waals surface area contributed by atoms with E-state index in [1.165, 1.54) is 11.3 Å². The zero-order valence-corrected chi connectivity index (χ0v) is 19.1. The number of nitrogens with one attached hydrogen (secondary N) is 2. The third kappa shape index (κ3) is 4.38. The summed E-state index contributed by atoms with van der Waals surface area (Å²) in [5, 5.41) is 7.04. The molecule has 0 bridgehead atoms. The van der Waals surface area contributed by atoms with Crippen LogP contribution in [-0.4, -0.2) is 34.1 Å². The molecule has 0 radical (unpaired) electrons. The van der Waals surface area contributed by atoms with Gasteiger partial charge >= 0.3 is 0 Å². The van der Waals surface area contributed by atoms with Gasteiger partial charge in [-0.25, -0.2) is 9.97 Å². The molecule has 0 unspecified atom stereocenters. The van der Waals surface area contributed by atoms with Crippen LogP contribution in [0.5, 0.6) is 5.75 Å². The highest BCUT2D eigenvalue weighted by Crippen LogP contribution is 2.30. The fourth-order valence-electron chi connectivity index (χ4n) is 3.69. The number of imidazole rings is 1. The fraction of sp³-hybridized carbons (Fsp3) is 0.160. The number of carbonyl (C=O) groups is 1. The van der Waals surface area contributed by atoms with Gasteiger partial charge in [0, 0.05) is 19.2 Å². The summed E-state index contributed by atoms with van der Waals surface area (Å²) in [4.78, 5) is 21.9. The van der Waals surface area contributed by atoms with Crippen LogP contribution in [0.4, 0.5) is 11.1 Å². The van der Waals surface area contributed by atoms with Crippen molar-refractivity contribution in [1.82, 2.24) is 19.9 Å². The Balaban J connectivity index is 1.26. The summed E-state index contributed by atoms with van der Waals surface area (Å²) in [6.45, 7) is 0.561. The molecule has 2 heterocycles. The predicted molar refractivity (Wildman–Crippen MR) is 133 cm³/mol. The van der Waals surface area contributed by atoms with Crippen molar-refractivity contribution in [3.05, 3.63) is 77.9 Å². The average molecular weight is 458 g/mol. The Morgan fingerprint density at radius 2 is 1.85 bits per heavy atom. The van der Waals surface area contributed by atoms with Crippen LogP contribution < -0.4 is 15.4 Å². The SMILES string of the molecule is COc1ccc(CCNC(=O)c2ccc3nc(Nc4nc5ccccc5n4C)sc3c2)cc1. The summed E-state index contributed by atoms with van der Waals surface area (Å²) in [6.07, 6.45) is 0.755. The van der Waals surface area contributed by atoms with Crippen LogP contribution in [0.1, 0.15) is 15.9 Å². The van der Waals surface area contributed by atoms with E-state index >= 15 is 0 Å². The number of amides is 1. The Labute approximate surface area is 195 Å². The van der Waals surface area contributed by atoms with E-state index in [0.29, 0.717) is 12.1 Å². The van der Waals surface area contributed by atoms with E-state index in [9.17, 15) is 4.79 Å². The molecular formula is C25H23N5O2S. The number of carbonyl (C=O) groups excluding carboxylic acids is 1. The number of aryl methyl sites for hydroxylation is 1. The van der Waals surface area contributed by atoms with Crippen molar-refractivity contribution in [3.63, 3.8) is 0 Å². The number of ether oxygens (including phenoxy) is 1. The van der Waals surface area contributed by atoms with E-state index in [1.54, 1.807) is 7.11 Å². The molecule has 5 aromatic rings. The maximum Gasteiger partial charge on any atom is 0.251 e. The second-order valence-corrected chi connectivity index (χ2v) is 8.69. The van der Waals surface area contributed by atoms with Gasteiger partial charge in [-0.1, -0.05) is 35.6 Å². The Morgan fingerprint density at radius 3 is 2.64 bits per heavy atom. The lowest BCUT2D eigenvalue weighted by molar-refractivity contribution is 0.0954. The number of nitrogens with zero attached hydrogens (tertiary/aromatic N) is 3. The standard InChI is InChI=1S/C25H23N5O2S/c1-30-21-6-4-3-5-19(21)27-24(30)29-25-28-20-12-9-17(15-22(20)33-25)23(31)26-14-13-16-7-10-18(32-2)11-8-16/h3-12,15H,13-14H2,1-2H3,(H,26,31)(H,27,28,29). The van der Waals surface area contributed by atoms with Crippen LogP contribution in [0.25, 0.3) is 21.3 Å². The van der Waals surface area contributed by atoms with E-state index < -0.39 is 0 Å². The molecule has 5 rings (SSSR count). The van der Waals surface area contributed by atoms with E-state index in [2.05, 4.69) is 20.6 Å². The fourth-order valence-corrected chi connectivity index (χ4v) is 4.59. The summed E-state index contributed by atoms with van der Waals surface area (Å²) in [5.41, 5.74) is 4.59. The largest absolute Gasteiger partial charge is 0.497 e. The summed E-state index contributed by atoms with van der Waals surface area (Å²) in [7, 11) is 3.62. The molecule has 0 fully saturated rings. The summed E-state index contributed by atoms with van der Waals surface area (Å²) < 4.78 is 8.12. The number of thiazole rings is 1. The maximum absolute atomic E-state index is 12.6. The van der Waals surface area contributed by atoms with E-state index in [4.69, 9.17) is 4.74 Å². The van der Waals surface area contributed by atoms with Crippen molar-refractivity contribution in [1.29, 1.82) is 0 Å². The number of aromatic nitrogens is 3. The van der Waals surface area contributed by atoms with Gasteiger partial charge in [0.15, 0.2) is 5.13 Å². The number of rotatable bonds is 7. The number of hydrogen-bond acceptors (Lipinski definition) is 6. The number of methoxy groups -OCH3 is 1. The third-order valence-corrected chi connectivity index (χ3v) is 6.45. The molecule has 7 nitrogen and oxygen atoms in total. The van der Waals surface area contributed by atoms with Gasteiger partial charge in [0.05, 0.1) is 28.4 Å². The highest BCUT2D eigenvalue weighted by Gasteiger charge is 2.12. The molecule has 1 amide bonds. The van der Waals surface area contributed by atoms with Gasteiger partial charge in [0.2, 0.25) is 5.95 Å². The Kier molecular flexibility index (Phi) is 5.66. The number of fused-ring (bicyclic) bond motifs is 2. The average Bonchev–Trinajstić information content (AvgIpc) is 3.39. The van der Waals surface area contributed by atoms with E-state index in [1.807, 2.05) is 78.3 Å². The number of benzene rings is 3. The zero-order chi connectivity index (χ0) is 22.8. The molecule has 0 saturated carbocycles. The van der Waals surface area contributed by atoms with Crippen LogP contribution in [-0.2, 0) is 13.5 Å². The van der Waals surface area contributed by atoms with Crippen LogP contribution in [0.15, 0.2) is 66.7 Å². The van der Waals surface area contributed by atoms with Crippen molar-refractivity contribution in [3.8, 4) is 5.75 Å². The minimum absolute atomic E-state index is 0.0938.